The SMILES string of the molecule is CSc1ccc(C(=O)N[C@H]2CCCNC2)cc1[N+](=O)[O-]. The van der Waals surface area contributed by atoms with E-state index in [1.807, 2.05) is 0 Å². The van der Waals surface area contributed by atoms with Gasteiger partial charge >= 0.3 is 0 Å². The summed E-state index contributed by atoms with van der Waals surface area (Å²) in [6.07, 6.45) is 3.73. The van der Waals surface area contributed by atoms with Crippen molar-refractivity contribution in [3.05, 3.63) is 33.9 Å². The van der Waals surface area contributed by atoms with Crippen molar-refractivity contribution in [1.29, 1.82) is 0 Å². The number of nitrogens with zero attached hydrogens (tertiary/aromatic N) is 1. The van der Waals surface area contributed by atoms with Crippen LogP contribution >= 0.6 is 11.8 Å². The summed E-state index contributed by atoms with van der Waals surface area (Å²) in [5.41, 5.74) is 0.312. The molecule has 0 spiro atoms. The highest BCUT2D eigenvalue weighted by Gasteiger charge is 2.20. The number of rotatable bonds is 4. The molecule has 0 saturated carbocycles. The van der Waals surface area contributed by atoms with Crippen LogP contribution in [0.2, 0.25) is 0 Å². The Bertz CT molecular complexity index is 516. The molecule has 2 N–H and O–H groups in total. The monoisotopic (exact) mass is 295 g/mol. The van der Waals surface area contributed by atoms with Crippen LogP contribution in [-0.2, 0) is 0 Å². The number of piperidine rings is 1. The number of amides is 1. The first-order valence-electron chi connectivity index (χ1n) is 6.46. The summed E-state index contributed by atoms with van der Waals surface area (Å²) in [4.78, 5) is 23.2. The molecular formula is C13H17N3O3S. The molecule has 1 saturated heterocycles. The maximum Gasteiger partial charge on any atom is 0.283 e. The van der Waals surface area contributed by atoms with Gasteiger partial charge in [-0.05, 0) is 37.8 Å². The average Bonchev–Trinajstić information content (AvgIpc) is 2.47. The molecule has 6 nitrogen and oxygen atoms in total. The number of hydrogen-bond donors (Lipinski definition) is 2. The van der Waals surface area contributed by atoms with E-state index >= 15 is 0 Å². The van der Waals surface area contributed by atoms with Crippen molar-refractivity contribution < 1.29 is 9.72 Å². The maximum atomic E-state index is 12.1. The van der Waals surface area contributed by atoms with Gasteiger partial charge in [0, 0.05) is 24.2 Å². The molecule has 1 heterocycles. The Hall–Kier alpha value is -1.60. The molecule has 1 aliphatic rings. The summed E-state index contributed by atoms with van der Waals surface area (Å²) in [6.45, 7) is 1.72. The number of benzene rings is 1. The first-order valence-corrected chi connectivity index (χ1v) is 7.68. The fourth-order valence-electron chi connectivity index (χ4n) is 2.22. The quantitative estimate of drug-likeness (QED) is 0.502. The van der Waals surface area contributed by atoms with Gasteiger partial charge < -0.3 is 10.6 Å². The number of nitro groups is 1. The minimum absolute atomic E-state index is 0.0214. The molecule has 1 fully saturated rings. The lowest BCUT2D eigenvalue weighted by Crippen LogP contribution is -2.45. The molecule has 0 bridgehead atoms. The number of nitrogens with one attached hydrogen (secondary N) is 2. The third-order valence-electron chi connectivity index (χ3n) is 3.27. The van der Waals surface area contributed by atoms with Crippen molar-refractivity contribution in [3.63, 3.8) is 0 Å². The first kappa shape index (κ1) is 14.8. The van der Waals surface area contributed by atoms with Gasteiger partial charge in [-0.1, -0.05) is 0 Å². The summed E-state index contributed by atoms with van der Waals surface area (Å²) in [7, 11) is 0. The van der Waals surface area contributed by atoms with E-state index in [2.05, 4.69) is 10.6 Å². The number of nitro benzene ring substituents is 1. The lowest BCUT2D eigenvalue weighted by Gasteiger charge is -2.23. The van der Waals surface area contributed by atoms with Crippen LogP contribution in [-0.4, -0.2) is 36.2 Å². The Morgan fingerprint density at radius 3 is 2.95 bits per heavy atom. The second kappa shape index (κ2) is 6.71. The van der Waals surface area contributed by atoms with Crippen LogP contribution < -0.4 is 10.6 Å². The molecule has 2 rings (SSSR count). The Balaban J connectivity index is 2.13. The fraction of sp³-hybridized carbons (Fsp3) is 0.462. The average molecular weight is 295 g/mol. The van der Waals surface area contributed by atoms with Gasteiger partial charge in [-0.25, -0.2) is 0 Å². The molecular weight excluding hydrogens is 278 g/mol. The Labute approximate surface area is 121 Å². The molecule has 1 aromatic carbocycles. The lowest BCUT2D eigenvalue weighted by atomic mass is 10.1. The minimum Gasteiger partial charge on any atom is -0.348 e. The van der Waals surface area contributed by atoms with Gasteiger partial charge in [-0.15, -0.1) is 11.8 Å². The van der Waals surface area contributed by atoms with Crippen LogP contribution in [0.1, 0.15) is 23.2 Å². The third kappa shape index (κ3) is 3.49. The summed E-state index contributed by atoms with van der Waals surface area (Å²) in [5.74, 6) is -0.255. The number of thioether (sulfide) groups is 1. The highest BCUT2D eigenvalue weighted by Crippen LogP contribution is 2.28. The Morgan fingerprint density at radius 1 is 1.55 bits per heavy atom. The standard InChI is InChI=1S/C13H17N3O3S/c1-20-12-5-4-9(7-11(12)16(18)19)13(17)15-10-3-2-6-14-8-10/h4-5,7,10,14H,2-3,6,8H2,1H3,(H,15,17)/t10-/m0/s1. The summed E-state index contributed by atoms with van der Waals surface area (Å²) < 4.78 is 0. The second-order valence-corrected chi connectivity index (χ2v) is 5.51. The third-order valence-corrected chi connectivity index (χ3v) is 4.05. The zero-order valence-electron chi connectivity index (χ0n) is 11.2. The Kier molecular flexibility index (Phi) is 4.97. The lowest BCUT2D eigenvalue weighted by molar-refractivity contribution is -0.387. The van der Waals surface area contributed by atoms with Crippen molar-refractivity contribution in [3.8, 4) is 0 Å². The minimum atomic E-state index is -0.454. The zero-order chi connectivity index (χ0) is 14.5. The smallest absolute Gasteiger partial charge is 0.283 e. The van der Waals surface area contributed by atoms with Gasteiger partial charge in [0.05, 0.1) is 9.82 Å². The molecule has 0 radical (unpaired) electrons. The highest BCUT2D eigenvalue weighted by atomic mass is 32.2. The first-order chi connectivity index (χ1) is 9.61. The predicted octanol–water partition coefficient (Wildman–Crippen LogP) is 1.80. The van der Waals surface area contributed by atoms with Crippen LogP contribution in [0.25, 0.3) is 0 Å². The van der Waals surface area contributed by atoms with E-state index in [0.717, 1.165) is 25.9 Å². The normalized spacial score (nSPS) is 18.6. The number of carbonyl (C=O) groups is 1. The van der Waals surface area contributed by atoms with E-state index in [1.165, 1.54) is 17.8 Å². The molecule has 0 aliphatic carbocycles. The molecule has 108 valence electrons. The van der Waals surface area contributed by atoms with Crippen LogP contribution in [0.15, 0.2) is 23.1 Å². The molecule has 0 aromatic heterocycles. The summed E-state index contributed by atoms with van der Waals surface area (Å²) in [5, 5.41) is 17.1. The predicted molar refractivity (Wildman–Crippen MR) is 78.2 cm³/mol. The molecule has 7 heteroatoms. The fourth-order valence-corrected chi connectivity index (χ4v) is 2.76. The maximum absolute atomic E-state index is 12.1. The van der Waals surface area contributed by atoms with Gasteiger partial charge in [0.15, 0.2) is 0 Å². The summed E-state index contributed by atoms with van der Waals surface area (Å²) in [6, 6.07) is 4.69. The highest BCUT2D eigenvalue weighted by molar-refractivity contribution is 7.98. The van der Waals surface area contributed by atoms with E-state index in [9.17, 15) is 14.9 Å². The van der Waals surface area contributed by atoms with Crippen LogP contribution in [0.5, 0.6) is 0 Å². The van der Waals surface area contributed by atoms with E-state index in [0.29, 0.717) is 10.5 Å². The van der Waals surface area contributed by atoms with E-state index in [1.54, 1.807) is 18.4 Å². The molecule has 1 amide bonds. The van der Waals surface area contributed by atoms with E-state index in [4.69, 9.17) is 0 Å². The van der Waals surface area contributed by atoms with Gasteiger partial charge in [0.1, 0.15) is 0 Å². The molecule has 20 heavy (non-hydrogen) atoms. The van der Waals surface area contributed by atoms with Crippen molar-refractivity contribution in [2.24, 2.45) is 0 Å². The largest absolute Gasteiger partial charge is 0.348 e. The molecule has 1 aromatic rings. The van der Waals surface area contributed by atoms with Crippen LogP contribution in [0.4, 0.5) is 5.69 Å². The Morgan fingerprint density at radius 2 is 2.35 bits per heavy atom. The van der Waals surface area contributed by atoms with Crippen molar-refractivity contribution >= 4 is 23.4 Å². The zero-order valence-corrected chi connectivity index (χ0v) is 12.0. The summed E-state index contributed by atoms with van der Waals surface area (Å²) >= 11 is 1.30. The van der Waals surface area contributed by atoms with Gasteiger partial charge in [0.2, 0.25) is 0 Å². The van der Waals surface area contributed by atoms with Crippen molar-refractivity contribution in [2.75, 3.05) is 19.3 Å². The molecule has 0 unspecified atom stereocenters. The molecule has 1 aliphatic heterocycles. The number of carbonyl (C=O) groups excluding carboxylic acids is 1. The van der Waals surface area contributed by atoms with Crippen LogP contribution in [0, 0.1) is 10.1 Å². The second-order valence-electron chi connectivity index (χ2n) is 4.66. The van der Waals surface area contributed by atoms with Crippen molar-refractivity contribution in [2.45, 2.75) is 23.8 Å². The van der Waals surface area contributed by atoms with E-state index in [-0.39, 0.29) is 17.6 Å². The van der Waals surface area contributed by atoms with E-state index < -0.39 is 4.92 Å². The number of hydrogen-bond acceptors (Lipinski definition) is 5. The van der Waals surface area contributed by atoms with Crippen LogP contribution in [0.3, 0.4) is 0 Å². The van der Waals surface area contributed by atoms with Gasteiger partial charge in [0.25, 0.3) is 11.6 Å². The van der Waals surface area contributed by atoms with Gasteiger partial charge in [-0.2, -0.15) is 0 Å². The van der Waals surface area contributed by atoms with Gasteiger partial charge in [-0.3, -0.25) is 14.9 Å². The molecule has 1 atom stereocenters. The topological polar surface area (TPSA) is 84.3 Å². The van der Waals surface area contributed by atoms with Crippen molar-refractivity contribution in [1.82, 2.24) is 10.6 Å².